The summed E-state index contributed by atoms with van der Waals surface area (Å²) in [5.74, 6) is 0.892. The Hall–Kier alpha value is -1.06. The van der Waals surface area contributed by atoms with Crippen LogP contribution in [0.15, 0.2) is 24.3 Å². The second-order valence-corrected chi connectivity index (χ2v) is 5.78. The van der Waals surface area contributed by atoms with E-state index in [4.69, 9.17) is 16.3 Å². The van der Waals surface area contributed by atoms with Crippen LogP contribution < -0.4 is 0 Å². The number of ether oxygens (including phenoxy) is 1. The van der Waals surface area contributed by atoms with E-state index in [1.807, 2.05) is 25.1 Å². The molecule has 0 amide bonds. The summed E-state index contributed by atoms with van der Waals surface area (Å²) in [6, 6.07) is 8.08. The van der Waals surface area contributed by atoms with Gasteiger partial charge in [0.2, 0.25) is 0 Å². The Labute approximate surface area is 113 Å². The van der Waals surface area contributed by atoms with Gasteiger partial charge in [-0.3, -0.25) is 0 Å². The van der Waals surface area contributed by atoms with Crippen molar-refractivity contribution in [2.45, 2.75) is 38.3 Å². The van der Waals surface area contributed by atoms with Crippen LogP contribution in [0.3, 0.4) is 0 Å². The fourth-order valence-corrected chi connectivity index (χ4v) is 2.18. The molecule has 0 spiro atoms. The van der Waals surface area contributed by atoms with Crippen molar-refractivity contribution in [3.05, 3.63) is 30.1 Å². The summed E-state index contributed by atoms with van der Waals surface area (Å²) < 4.78 is 7.65. The fourth-order valence-electron chi connectivity index (χ4n) is 2.01. The molecular formula is C14H19ClN2O. The minimum atomic E-state index is -0.246. The van der Waals surface area contributed by atoms with Gasteiger partial charge in [0.05, 0.1) is 28.6 Å². The first-order valence-electron chi connectivity index (χ1n) is 6.09. The molecule has 0 aliphatic carbocycles. The summed E-state index contributed by atoms with van der Waals surface area (Å²) >= 11 is 6.23. The highest BCUT2D eigenvalue weighted by Crippen LogP contribution is 2.26. The number of aromatic nitrogens is 2. The van der Waals surface area contributed by atoms with Crippen LogP contribution in [0.5, 0.6) is 0 Å². The molecule has 1 aromatic heterocycles. The topological polar surface area (TPSA) is 27.1 Å². The first-order chi connectivity index (χ1) is 8.44. The number of hydrogen-bond donors (Lipinski definition) is 0. The highest BCUT2D eigenvalue weighted by molar-refractivity contribution is 6.20. The standard InChI is InChI=1S/C14H19ClN2O/c1-10(15)13-16-11-7-5-6-8-12(11)17(13)9-14(2,3)18-4/h5-8,10H,9H2,1-4H3. The van der Waals surface area contributed by atoms with Crippen molar-refractivity contribution in [3.63, 3.8) is 0 Å². The fraction of sp³-hybridized carbons (Fsp3) is 0.500. The molecule has 0 fully saturated rings. The molecule has 18 heavy (non-hydrogen) atoms. The van der Waals surface area contributed by atoms with Crippen LogP contribution in [0.4, 0.5) is 0 Å². The quantitative estimate of drug-likeness (QED) is 0.788. The molecule has 2 rings (SSSR count). The van der Waals surface area contributed by atoms with E-state index in [2.05, 4.69) is 29.5 Å². The minimum Gasteiger partial charge on any atom is -0.377 e. The van der Waals surface area contributed by atoms with Gasteiger partial charge in [-0.15, -0.1) is 11.6 Å². The average molecular weight is 267 g/mol. The monoisotopic (exact) mass is 266 g/mol. The molecule has 1 heterocycles. The summed E-state index contributed by atoms with van der Waals surface area (Å²) in [7, 11) is 1.73. The molecule has 0 N–H and O–H groups in total. The Balaban J connectivity index is 2.55. The SMILES string of the molecule is COC(C)(C)Cn1c(C(C)Cl)nc2ccccc21. The van der Waals surface area contributed by atoms with Crippen molar-refractivity contribution in [1.29, 1.82) is 0 Å². The Bertz CT molecular complexity index is 546. The Morgan fingerprint density at radius 3 is 2.67 bits per heavy atom. The van der Waals surface area contributed by atoms with Crippen molar-refractivity contribution < 1.29 is 4.74 Å². The third-order valence-corrected chi connectivity index (χ3v) is 3.33. The second-order valence-electron chi connectivity index (χ2n) is 5.12. The summed E-state index contributed by atoms with van der Waals surface area (Å²) in [5.41, 5.74) is 1.83. The van der Waals surface area contributed by atoms with Crippen molar-refractivity contribution in [2.75, 3.05) is 7.11 Å². The van der Waals surface area contributed by atoms with Gasteiger partial charge in [0.15, 0.2) is 0 Å². The molecule has 0 saturated heterocycles. The van der Waals surface area contributed by atoms with E-state index in [0.29, 0.717) is 0 Å². The Morgan fingerprint density at radius 2 is 2.06 bits per heavy atom. The summed E-state index contributed by atoms with van der Waals surface area (Å²) in [6.07, 6.45) is 0. The zero-order valence-corrected chi connectivity index (χ0v) is 12.0. The Morgan fingerprint density at radius 1 is 1.39 bits per heavy atom. The molecule has 2 aromatic rings. The van der Waals surface area contributed by atoms with Gasteiger partial charge in [-0.25, -0.2) is 4.98 Å². The summed E-state index contributed by atoms with van der Waals surface area (Å²) in [6.45, 7) is 6.80. The van der Waals surface area contributed by atoms with Gasteiger partial charge >= 0.3 is 0 Å². The normalized spacial score (nSPS) is 14.1. The molecule has 3 nitrogen and oxygen atoms in total. The number of hydrogen-bond acceptors (Lipinski definition) is 2. The lowest BCUT2D eigenvalue weighted by molar-refractivity contribution is 0.00843. The first kappa shape index (κ1) is 13.4. The lowest BCUT2D eigenvalue weighted by Crippen LogP contribution is -2.29. The van der Waals surface area contributed by atoms with Crippen LogP contribution >= 0.6 is 11.6 Å². The predicted octanol–water partition coefficient (Wildman–Crippen LogP) is 3.76. The van der Waals surface area contributed by atoms with Crippen LogP contribution in [-0.4, -0.2) is 22.3 Å². The van der Waals surface area contributed by atoms with Crippen LogP contribution in [0.1, 0.15) is 32.0 Å². The molecule has 1 aromatic carbocycles. The lowest BCUT2D eigenvalue weighted by Gasteiger charge is -2.25. The van der Waals surface area contributed by atoms with Crippen LogP contribution in [0.25, 0.3) is 11.0 Å². The maximum Gasteiger partial charge on any atom is 0.127 e. The van der Waals surface area contributed by atoms with E-state index < -0.39 is 0 Å². The molecule has 0 aliphatic rings. The minimum absolute atomic E-state index is 0.120. The van der Waals surface area contributed by atoms with Gasteiger partial charge in [-0.1, -0.05) is 12.1 Å². The third-order valence-electron chi connectivity index (χ3n) is 3.13. The lowest BCUT2D eigenvalue weighted by atomic mass is 10.1. The number of rotatable bonds is 4. The number of alkyl halides is 1. The first-order valence-corrected chi connectivity index (χ1v) is 6.52. The van der Waals surface area contributed by atoms with E-state index >= 15 is 0 Å². The van der Waals surface area contributed by atoms with Gasteiger partial charge in [0, 0.05) is 7.11 Å². The van der Waals surface area contributed by atoms with Crippen LogP contribution in [0.2, 0.25) is 0 Å². The average Bonchev–Trinajstić information content (AvgIpc) is 2.68. The molecule has 1 unspecified atom stereocenters. The number of imidazole rings is 1. The maximum atomic E-state index is 6.23. The maximum absolute atomic E-state index is 6.23. The van der Waals surface area contributed by atoms with Crippen molar-refractivity contribution >= 4 is 22.6 Å². The van der Waals surface area contributed by atoms with E-state index in [-0.39, 0.29) is 11.0 Å². The van der Waals surface area contributed by atoms with Crippen LogP contribution in [-0.2, 0) is 11.3 Å². The third kappa shape index (κ3) is 2.52. The van der Waals surface area contributed by atoms with Gasteiger partial charge in [0.1, 0.15) is 5.82 Å². The number of nitrogens with zero attached hydrogens (tertiary/aromatic N) is 2. The number of para-hydroxylation sites is 2. The van der Waals surface area contributed by atoms with E-state index in [9.17, 15) is 0 Å². The number of halogens is 1. The zero-order chi connectivity index (χ0) is 13.3. The summed E-state index contributed by atoms with van der Waals surface area (Å²) in [5, 5.41) is -0.120. The molecule has 0 bridgehead atoms. The molecule has 0 aliphatic heterocycles. The molecule has 0 radical (unpaired) electrons. The van der Waals surface area contributed by atoms with Gasteiger partial charge in [-0.05, 0) is 32.9 Å². The summed E-state index contributed by atoms with van der Waals surface area (Å²) in [4.78, 5) is 4.61. The van der Waals surface area contributed by atoms with Crippen LogP contribution in [0, 0.1) is 0 Å². The van der Waals surface area contributed by atoms with Crippen molar-refractivity contribution in [3.8, 4) is 0 Å². The van der Waals surface area contributed by atoms with E-state index in [1.54, 1.807) is 7.11 Å². The molecule has 98 valence electrons. The predicted molar refractivity (Wildman–Crippen MR) is 75.1 cm³/mol. The molecule has 1 atom stereocenters. The number of fused-ring (bicyclic) bond motifs is 1. The zero-order valence-electron chi connectivity index (χ0n) is 11.3. The highest BCUT2D eigenvalue weighted by Gasteiger charge is 2.22. The van der Waals surface area contributed by atoms with E-state index in [0.717, 1.165) is 23.4 Å². The van der Waals surface area contributed by atoms with Gasteiger partial charge in [0.25, 0.3) is 0 Å². The van der Waals surface area contributed by atoms with Crippen molar-refractivity contribution in [1.82, 2.24) is 9.55 Å². The highest BCUT2D eigenvalue weighted by atomic mass is 35.5. The second kappa shape index (κ2) is 4.90. The van der Waals surface area contributed by atoms with Gasteiger partial charge < -0.3 is 9.30 Å². The van der Waals surface area contributed by atoms with Gasteiger partial charge in [-0.2, -0.15) is 0 Å². The largest absolute Gasteiger partial charge is 0.377 e. The molecule has 0 saturated carbocycles. The molecular weight excluding hydrogens is 248 g/mol. The molecule has 4 heteroatoms. The smallest absolute Gasteiger partial charge is 0.127 e. The van der Waals surface area contributed by atoms with E-state index in [1.165, 1.54) is 0 Å². The van der Waals surface area contributed by atoms with Crippen molar-refractivity contribution in [2.24, 2.45) is 0 Å². The Kier molecular flexibility index (Phi) is 3.64. The number of benzene rings is 1. The number of methoxy groups -OCH3 is 1.